The monoisotopic (exact) mass is 424 g/mol. The van der Waals surface area contributed by atoms with E-state index in [1.165, 1.54) is 7.11 Å². The summed E-state index contributed by atoms with van der Waals surface area (Å²) in [5, 5.41) is 10.8. The van der Waals surface area contributed by atoms with Crippen LogP contribution in [0.5, 0.6) is 0 Å². The van der Waals surface area contributed by atoms with E-state index in [1.807, 2.05) is 30.3 Å². The summed E-state index contributed by atoms with van der Waals surface area (Å²) < 4.78 is 27.1. The van der Waals surface area contributed by atoms with Crippen LogP contribution in [0.25, 0.3) is 0 Å². The van der Waals surface area contributed by atoms with Crippen molar-refractivity contribution < 1.29 is 38.4 Å². The van der Waals surface area contributed by atoms with E-state index in [4.69, 9.17) is 23.7 Å². The maximum absolute atomic E-state index is 12.5. The molecule has 2 rings (SSSR count). The first-order valence-electron chi connectivity index (χ1n) is 9.99. The van der Waals surface area contributed by atoms with Crippen LogP contribution in [0.4, 0.5) is 0 Å². The summed E-state index contributed by atoms with van der Waals surface area (Å²) in [7, 11) is 1.48. The third-order valence-corrected chi connectivity index (χ3v) is 4.50. The number of carbonyl (C=O) groups excluding carboxylic acids is 2. The van der Waals surface area contributed by atoms with Crippen LogP contribution < -0.4 is 0 Å². The molecule has 1 saturated heterocycles. The molecule has 8 heteroatoms. The molecular formula is C22H32O8. The minimum Gasteiger partial charge on any atom is -0.460 e. The molecule has 8 nitrogen and oxygen atoms in total. The Morgan fingerprint density at radius 3 is 2.50 bits per heavy atom. The Labute approximate surface area is 177 Å². The van der Waals surface area contributed by atoms with Gasteiger partial charge in [0, 0.05) is 19.4 Å². The number of hydrogen-bond acceptors (Lipinski definition) is 8. The van der Waals surface area contributed by atoms with Crippen LogP contribution in [0.3, 0.4) is 0 Å². The standard InChI is InChI=1S/C22H32O8/c1-22(2,3)30-19(24)11-16(23)10-17-18(29-14-26-4)13-28-21(20(17)25)27-12-15-8-6-5-7-9-15/h5-9,17-18,20-21,25H,10-14H2,1-4H3/t17-,18+,20+,21+/m1/s1. The van der Waals surface area contributed by atoms with Crippen molar-refractivity contribution in [2.24, 2.45) is 5.92 Å². The number of rotatable bonds is 10. The Bertz CT molecular complexity index is 669. The number of Topliss-reactive ketones (excluding diaryl/α,β-unsaturated/α-hetero) is 1. The number of hydrogen-bond donors (Lipinski definition) is 1. The van der Waals surface area contributed by atoms with Gasteiger partial charge in [0.05, 0.1) is 19.3 Å². The van der Waals surface area contributed by atoms with Crippen LogP contribution >= 0.6 is 0 Å². The van der Waals surface area contributed by atoms with Gasteiger partial charge in [-0.3, -0.25) is 9.59 Å². The molecule has 0 amide bonds. The third kappa shape index (κ3) is 8.12. The van der Waals surface area contributed by atoms with Gasteiger partial charge >= 0.3 is 5.97 Å². The highest BCUT2D eigenvalue weighted by molar-refractivity contribution is 5.95. The number of benzene rings is 1. The predicted molar refractivity (Wildman–Crippen MR) is 107 cm³/mol. The largest absolute Gasteiger partial charge is 0.460 e. The lowest BCUT2D eigenvalue weighted by Gasteiger charge is -2.39. The van der Waals surface area contributed by atoms with E-state index in [9.17, 15) is 14.7 Å². The topological polar surface area (TPSA) is 101 Å². The van der Waals surface area contributed by atoms with Gasteiger partial charge in [0.2, 0.25) is 0 Å². The van der Waals surface area contributed by atoms with E-state index in [1.54, 1.807) is 20.8 Å². The van der Waals surface area contributed by atoms with E-state index < -0.39 is 36.0 Å². The first-order valence-corrected chi connectivity index (χ1v) is 9.99. The van der Waals surface area contributed by atoms with Crippen LogP contribution in [-0.2, 0) is 39.9 Å². The molecule has 0 bridgehead atoms. The maximum Gasteiger partial charge on any atom is 0.313 e. The molecule has 1 aliphatic heterocycles. The van der Waals surface area contributed by atoms with Crippen LogP contribution in [-0.4, -0.2) is 61.5 Å². The molecular weight excluding hydrogens is 392 g/mol. The zero-order valence-electron chi connectivity index (χ0n) is 18.0. The SMILES string of the molecule is COCO[C@H]1CO[C@H](OCc2ccccc2)[C@@H](O)[C@@H]1CC(=O)CC(=O)OC(C)(C)C. The van der Waals surface area contributed by atoms with Crippen molar-refractivity contribution in [3.8, 4) is 0 Å². The Kier molecular flexibility index (Phi) is 9.38. The van der Waals surface area contributed by atoms with Gasteiger partial charge in [-0.25, -0.2) is 0 Å². The fourth-order valence-corrected chi connectivity index (χ4v) is 3.19. The summed E-state index contributed by atoms with van der Waals surface area (Å²) in [6, 6.07) is 9.50. The number of esters is 1. The van der Waals surface area contributed by atoms with Crippen molar-refractivity contribution in [1.29, 1.82) is 0 Å². The van der Waals surface area contributed by atoms with E-state index in [0.29, 0.717) is 0 Å². The third-order valence-electron chi connectivity index (χ3n) is 4.50. The summed E-state index contributed by atoms with van der Waals surface area (Å²) in [6.07, 6.45) is -3.02. The fraction of sp³-hybridized carbons (Fsp3) is 0.636. The second-order valence-electron chi connectivity index (χ2n) is 8.27. The number of aliphatic hydroxyl groups excluding tert-OH is 1. The number of carbonyl (C=O) groups is 2. The Morgan fingerprint density at radius 1 is 1.17 bits per heavy atom. The van der Waals surface area contributed by atoms with Crippen molar-refractivity contribution >= 4 is 11.8 Å². The van der Waals surface area contributed by atoms with Gasteiger partial charge in [-0.05, 0) is 26.3 Å². The van der Waals surface area contributed by atoms with Gasteiger partial charge in [0.1, 0.15) is 30.7 Å². The molecule has 0 spiro atoms. The maximum atomic E-state index is 12.5. The molecule has 1 aliphatic rings. The smallest absolute Gasteiger partial charge is 0.313 e. The van der Waals surface area contributed by atoms with Gasteiger partial charge in [0.15, 0.2) is 6.29 Å². The number of aliphatic hydroxyl groups is 1. The minimum atomic E-state index is -1.10. The van der Waals surface area contributed by atoms with Crippen LogP contribution in [0.15, 0.2) is 30.3 Å². The van der Waals surface area contributed by atoms with Gasteiger partial charge in [0.25, 0.3) is 0 Å². The average Bonchev–Trinajstić information content (AvgIpc) is 2.67. The molecule has 168 valence electrons. The molecule has 0 aliphatic carbocycles. The van der Waals surface area contributed by atoms with Crippen molar-refractivity contribution in [3.05, 3.63) is 35.9 Å². The van der Waals surface area contributed by atoms with Gasteiger partial charge in [-0.1, -0.05) is 30.3 Å². The van der Waals surface area contributed by atoms with Gasteiger partial charge in [-0.15, -0.1) is 0 Å². The number of ether oxygens (including phenoxy) is 5. The lowest BCUT2D eigenvalue weighted by Crippen LogP contribution is -2.52. The molecule has 1 aromatic carbocycles. The Morgan fingerprint density at radius 2 is 1.87 bits per heavy atom. The van der Waals surface area contributed by atoms with E-state index in [2.05, 4.69) is 0 Å². The van der Waals surface area contributed by atoms with Crippen LogP contribution in [0, 0.1) is 5.92 Å². The highest BCUT2D eigenvalue weighted by Gasteiger charge is 2.42. The number of methoxy groups -OCH3 is 1. The van der Waals surface area contributed by atoms with E-state index >= 15 is 0 Å². The van der Waals surface area contributed by atoms with Crippen molar-refractivity contribution in [1.82, 2.24) is 0 Å². The van der Waals surface area contributed by atoms with Crippen LogP contribution in [0.1, 0.15) is 39.2 Å². The van der Waals surface area contributed by atoms with Crippen molar-refractivity contribution in [2.75, 3.05) is 20.5 Å². The summed E-state index contributed by atoms with van der Waals surface area (Å²) in [6.45, 7) is 5.59. The fourth-order valence-electron chi connectivity index (χ4n) is 3.19. The molecule has 0 radical (unpaired) electrons. The lowest BCUT2D eigenvalue weighted by atomic mass is 9.87. The molecule has 1 heterocycles. The van der Waals surface area contributed by atoms with Crippen molar-refractivity contribution in [2.45, 2.75) is 64.3 Å². The summed E-state index contributed by atoms with van der Waals surface area (Å²) >= 11 is 0. The van der Waals surface area contributed by atoms with E-state index in [0.717, 1.165) is 5.56 Å². The minimum absolute atomic E-state index is 0.00690. The summed E-state index contributed by atoms with van der Waals surface area (Å²) in [5.74, 6) is -1.55. The highest BCUT2D eigenvalue weighted by atomic mass is 16.7. The molecule has 1 N–H and O–H groups in total. The Hall–Kier alpha value is -1.84. The first-order chi connectivity index (χ1) is 14.2. The molecule has 0 unspecified atom stereocenters. The highest BCUT2D eigenvalue weighted by Crippen LogP contribution is 2.29. The molecule has 1 aromatic rings. The zero-order chi connectivity index (χ0) is 22.1. The quantitative estimate of drug-likeness (QED) is 0.347. The second kappa shape index (κ2) is 11.5. The van der Waals surface area contributed by atoms with Crippen molar-refractivity contribution in [3.63, 3.8) is 0 Å². The summed E-state index contributed by atoms with van der Waals surface area (Å²) in [4.78, 5) is 24.4. The van der Waals surface area contributed by atoms with Gasteiger partial charge in [-0.2, -0.15) is 0 Å². The zero-order valence-corrected chi connectivity index (χ0v) is 18.0. The summed E-state index contributed by atoms with van der Waals surface area (Å²) in [5.41, 5.74) is 0.263. The second-order valence-corrected chi connectivity index (χ2v) is 8.27. The number of ketones is 1. The molecule has 0 aromatic heterocycles. The van der Waals surface area contributed by atoms with E-state index in [-0.39, 0.29) is 38.6 Å². The Balaban J connectivity index is 1.98. The normalized spacial score (nSPS) is 24.4. The molecule has 1 fully saturated rings. The average molecular weight is 424 g/mol. The predicted octanol–water partition coefficient (Wildman–Crippen LogP) is 2.22. The molecule has 30 heavy (non-hydrogen) atoms. The molecule has 4 atom stereocenters. The van der Waals surface area contributed by atoms with Gasteiger partial charge < -0.3 is 28.8 Å². The first kappa shape index (κ1) is 24.4. The van der Waals surface area contributed by atoms with Crippen LogP contribution in [0.2, 0.25) is 0 Å². The lowest BCUT2D eigenvalue weighted by molar-refractivity contribution is -0.274. The molecule has 0 saturated carbocycles.